The molecule has 17 heavy (non-hydrogen) atoms. The third kappa shape index (κ3) is 4.23. The summed E-state index contributed by atoms with van der Waals surface area (Å²) >= 11 is 0. The molecule has 1 rings (SSSR count). The Hall–Kier alpha value is -0.120. The molecule has 0 radical (unpaired) electrons. The summed E-state index contributed by atoms with van der Waals surface area (Å²) in [6.45, 7) is 9.60. The van der Waals surface area contributed by atoms with Gasteiger partial charge in [-0.05, 0) is 66.7 Å². The number of rotatable bonds is 8. The van der Waals surface area contributed by atoms with E-state index in [1.54, 1.807) is 0 Å². The fourth-order valence-electron chi connectivity index (χ4n) is 1.99. The van der Waals surface area contributed by atoms with E-state index in [2.05, 4.69) is 45.1 Å². The highest BCUT2D eigenvalue weighted by Crippen LogP contribution is 2.39. The molecule has 0 bridgehead atoms. The van der Waals surface area contributed by atoms with E-state index in [0.29, 0.717) is 0 Å². The first-order valence-corrected chi connectivity index (χ1v) is 6.94. The second-order valence-corrected chi connectivity index (χ2v) is 6.14. The lowest BCUT2D eigenvalue weighted by Crippen LogP contribution is -2.49. The van der Waals surface area contributed by atoms with Gasteiger partial charge in [-0.2, -0.15) is 0 Å². The van der Waals surface area contributed by atoms with Crippen LogP contribution in [0.4, 0.5) is 0 Å². The quantitative estimate of drug-likeness (QED) is 0.661. The molecule has 0 saturated heterocycles. The van der Waals surface area contributed by atoms with Crippen LogP contribution in [-0.4, -0.2) is 49.8 Å². The Morgan fingerprint density at radius 1 is 1.29 bits per heavy atom. The lowest BCUT2D eigenvalue weighted by atomic mass is 9.77. The fourth-order valence-corrected chi connectivity index (χ4v) is 1.99. The largest absolute Gasteiger partial charge is 0.373 e. The van der Waals surface area contributed by atoms with Crippen LogP contribution >= 0.6 is 0 Å². The minimum atomic E-state index is 0.126. The highest BCUT2D eigenvalue weighted by molar-refractivity contribution is 4.91. The van der Waals surface area contributed by atoms with Crippen LogP contribution in [0.25, 0.3) is 0 Å². The Labute approximate surface area is 107 Å². The van der Waals surface area contributed by atoms with Gasteiger partial charge < -0.3 is 15.0 Å². The Morgan fingerprint density at radius 2 is 1.94 bits per heavy atom. The molecule has 0 spiro atoms. The van der Waals surface area contributed by atoms with Crippen molar-refractivity contribution < 1.29 is 4.74 Å². The summed E-state index contributed by atoms with van der Waals surface area (Å²) in [5, 5.41) is 3.40. The molecular weight excluding hydrogens is 212 g/mol. The molecule has 0 aliphatic heterocycles. The van der Waals surface area contributed by atoms with Gasteiger partial charge in [0.15, 0.2) is 0 Å². The summed E-state index contributed by atoms with van der Waals surface area (Å²) in [4.78, 5) is 2.24. The molecule has 3 nitrogen and oxygen atoms in total. The Balaban J connectivity index is 2.36. The zero-order valence-corrected chi connectivity index (χ0v) is 12.3. The standard InChI is InChI=1S/C14H30N2O/c1-6-15-11-10-14(8-7-9-14)17-12-13(2,3)16(4)5/h15H,6-12H2,1-5H3. The lowest BCUT2D eigenvalue weighted by Gasteiger charge is -2.45. The van der Waals surface area contributed by atoms with Crippen LogP contribution in [0.5, 0.6) is 0 Å². The number of nitrogens with zero attached hydrogens (tertiary/aromatic N) is 1. The molecule has 0 amide bonds. The van der Waals surface area contributed by atoms with E-state index in [9.17, 15) is 0 Å². The minimum absolute atomic E-state index is 0.126. The maximum Gasteiger partial charge on any atom is 0.0695 e. The highest BCUT2D eigenvalue weighted by Gasteiger charge is 2.39. The molecule has 0 aromatic heterocycles. The normalized spacial score (nSPS) is 19.4. The van der Waals surface area contributed by atoms with Crippen LogP contribution < -0.4 is 5.32 Å². The molecule has 0 aromatic rings. The number of nitrogens with one attached hydrogen (secondary N) is 1. The summed E-state index contributed by atoms with van der Waals surface area (Å²) in [7, 11) is 4.24. The van der Waals surface area contributed by atoms with E-state index in [4.69, 9.17) is 4.74 Å². The van der Waals surface area contributed by atoms with Crippen LogP contribution in [0, 0.1) is 0 Å². The van der Waals surface area contributed by atoms with Crippen LogP contribution in [-0.2, 0) is 4.74 Å². The molecule has 102 valence electrons. The maximum absolute atomic E-state index is 6.26. The van der Waals surface area contributed by atoms with Crippen molar-refractivity contribution in [2.75, 3.05) is 33.8 Å². The van der Waals surface area contributed by atoms with Crippen LogP contribution in [0.1, 0.15) is 46.5 Å². The number of hydrogen-bond acceptors (Lipinski definition) is 3. The second-order valence-electron chi connectivity index (χ2n) is 6.14. The van der Waals surface area contributed by atoms with Gasteiger partial charge in [-0.25, -0.2) is 0 Å². The molecule has 1 aliphatic rings. The number of ether oxygens (including phenoxy) is 1. The molecule has 1 N–H and O–H groups in total. The topological polar surface area (TPSA) is 24.5 Å². The third-order valence-corrected chi connectivity index (χ3v) is 4.21. The fraction of sp³-hybridized carbons (Fsp3) is 1.00. The lowest BCUT2D eigenvalue weighted by molar-refractivity contribution is -0.129. The summed E-state index contributed by atoms with van der Waals surface area (Å²) in [6, 6.07) is 0. The average molecular weight is 242 g/mol. The van der Waals surface area contributed by atoms with E-state index in [1.807, 2.05) is 0 Å². The van der Waals surface area contributed by atoms with Gasteiger partial charge >= 0.3 is 0 Å². The maximum atomic E-state index is 6.26. The van der Waals surface area contributed by atoms with Crippen molar-refractivity contribution in [2.45, 2.75) is 57.6 Å². The Kier molecular flexibility index (Phi) is 5.42. The van der Waals surface area contributed by atoms with Crippen LogP contribution in [0.15, 0.2) is 0 Å². The van der Waals surface area contributed by atoms with E-state index >= 15 is 0 Å². The van der Waals surface area contributed by atoms with Crippen molar-refractivity contribution in [3.05, 3.63) is 0 Å². The summed E-state index contributed by atoms with van der Waals surface area (Å²) in [5.41, 5.74) is 0.302. The predicted octanol–water partition coefficient (Wildman–Crippen LogP) is 2.27. The van der Waals surface area contributed by atoms with Gasteiger partial charge in [0, 0.05) is 5.54 Å². The zero-order chi connectivity index (χ0) is 12.9. The van der Waals surface area contributed by atoms with E-state index < -0.39 is 0 Å². The van der Waals surface area contributed by atoms with Gasteiger partial charge in [0.25, 0.3) is 0 Å². The van der Waals surface area contributed by atoms with Gasteiger partial charge in [0.05, 0.1) is 12.2 Å². The van der Waals surface area contributed by atoms with E-state index in [1.165, 1.54) is 19.3 Å². The number of likely N-dealkylation sites (N-methyl/N-ethyl adjacent to an activating group) is 1. The van der Waals surface area contributed by atoms with Crippen molar-refractivity contribution in [3.63, 3.8) is 0 Å². The van der Waals surface area contributed by atoms with Gasteiger partial charge in [-0.1, -0.05) is 6.92 Å². The molecule has 0 unspecified atom stereocenters. The average Bonchev–Trinajstić information content (AvgIpc) is 2.20. The Bertz CT molecular complexity index is 222. The van der Waals surface area contributed by atoms with Crippen molar-refractivity contribution in [1.82, 2.24) is 10.2 Å². The summed E-state index contributed by atoms with van der Waals surface area (Å²) < 4.78 is 6.26. The first kappa shape index (κ1) is 14.9. The molecule has 1 saturated carbocycles. The van der Waals surface area contributed by atoms with E-state index in [-0.39, 0.29) is 11.1 Å². The van der Waals surface area contributed by atoms with Crippen molar-refractivity contribution in [2.24, 2.45) is 0 Å². The molecule has 1 aliphatic carbocycles. The number of hydrogen-bond donors (Lipinski definition) is 1. The van der Waals surface area contributed by atoms with Gasteiger partial charge in [-0.15, -0.1) is 0 Å². The minimum Gasteiger partial charge on any atom is -0.373 e. The third-order valence-electron chi connectivity index (χ3n) is 4.21. The first-order chi connectivity index (χ1) is 7.92. The van der Waals surface area contributed by atoms with E-state index in [0.717, 1.165) is 26.1 Å². The molecule has 1 fully saturated rings. The highest BCUT2D eigenvalue weighted by atomic mass is 16.5. The Morgan fingerprint density at radius 3 is 2.35 bits per heavy atom. The first-order valence-electron chi connectivity index (χ1n) is 6.94. The SMILES string of the molecule is CCNCCC1(OCC(C)(C)N(C)C)CCC1. The van der Waals surface area contributed by atoms with Gasteiger partial charge in [-0.3, -0.25) is 0 Å². The molecule has 0 heterocycles. The summed E-state index contributed by atoms with van der Waals surface area (Å²) in [6.07, 6.45) is 4.96. The van der Waals surface area contributed by atoms with Gasteiger partial charge in [0.2, 0.25) is 0 Å². The molecular formula is C14H30N2O. The zero-order valence-electron chi connectivity index (χ0n) is 12.3. The second kappa shape index (κ2) is 6.17. The monoisotopic (exact) mass is 242 g/mol. The molecule has 0 aromatic carbocycles. The smallest absolute Gasteiger partial charge is 0.0695 e. The van der Waals surface area contributed by atoms with Crippen molar-refractivity contribution in [3.8, 4) is 0 Å². The van der Waals surface area contributed by atoms with Gasteiger partial charge in [0.1, 0.15) is 0 Å². The predicted molar refractivity (Wildman–Crippen MR) is 73.5 cm³/mol. The molecule has 3 heteroatoms. The molecule has 0 atom stereocenters. The van der Waals surface area contributed by atoms with Crippen LogP contribution in [0.2, 0.25) is 0 Å². The van der Waals surface area contributed by atoms with Crippen molar-refractivity contribution >= 4 is 0 Å². The van der Waals surface area contributed by atoms with Crippen LogP contribution in [0.3, 0.4) is 0 Å². The van der Waals surface area contributed by atoms with Crippen molar-refractivity contribution in [1.29, 1.82) is 0 Å². The summed E-state index contributed by atoms with van der Waals surface area (Å²) in [5.74, 6) is 0.